The van der Waals surface area contributed by atoms with Crippen LogP contribution in [0.4, 0.5) is 8.78 Å². The SMILES string of the molecule is CC/C(P)=C(\C)C(C)(F)F. The van der Waals surface area contributed by atoms with E-state index in [1.807, 2.05) is 6.92 Å². The van der Waals surface area contributed by atoms with Gasteiger partial charge < -0.3 is 0 Å². The third kappa shape index (κ3) is 2.74. The molecule has 0 saturated heterocycles. The highest BCUT2D eigenvalue weighted by atomic mass is 31.0. The molecule has 0 aliphatic heterocycles. The van der Waals surface area contributed by atoms with E-state index in [4.69, 9.17) is 0 Å². The van der Waals surface area contributed by atoms with E-state index in [0.717, 1.165) is 6.92 Å². The lowest BCUT2D eigenvalue weighted by Crippen LogP contribution is -2.12. The van der Waals surface area contributed by atoms with Crippen molar-refractivity contribution in [2.75, 3.05) is 0 Å². The van der Waals surface area contributed by atoms with Gasteiger partial charge in [-0.2, -0.15) is 0 Å². The second kappa shape index (κ2) is 3.43. The van der Waals surface area contributed by atoms with Crippen molar-refractivity contribution in [3.63, 3.8) is 0 Å². The van der Waals surface area contributed by atoms with Crippen LogP contribution < -0.4 is 0 Å². The average molecular weight is 166 g/mol. The van der Waals surface area contributed by atoms with Gasteiger partial charge in [-0.1, -0.05) is 6.92 Å². The maximum absolute atomic E-state index is 12.5. The number of hydrogen-bond acceptors (Lipinski definition) is 0. The van der Waals surface area contributed by atoms with E-state index >= 15 is 0 Å². The summed E-state index contributed by atoms with van der Waals surface area (Å²) >= 11 is 0. The molecule has 0 aromatic heterocycles. The molecule has 0 bridgehead atoms. The van der Waals surface area contributed by atoms with Gasteiger partial charge >= 0.3 is 0 Å². The molecule has 0 aromatic carbocycles. The number of allylic oxidation sites excluding steroid dienone is 2. The Morgan fingerprint density at radius 1 is 1.50 bits per heavy atom. The van der Waals surface area contributed by atoms with Crippen LogP contribution in [0.5, 0.6) is 0 Å². The summed E-state index contributed by atoms with van der Waals surface area (Å²) in [7, 11) is 2.34. The molecule has 0 radical (unpaired) electrons. The monoisotopic (exact) mass is 166 g/mol. The van der Waals surface area contributed by atoms with E-state index in [1.54, 1.807) is 0 Å². The smallest absolute Gasteiger partial charge is 0.202 e. The van der Waals surface area contributed by atoms with E-state index in [0.29, 0.717) is 11.7 Å². The van der Waals surface area contributed by atoms with Gasteiger partial charge in [-0.15, -0.1) is 9.24 Å². The Balaban J connectivity index is 4.47. The molecule has 1 unspecified atom stereocenters. The van der Waals surface area contributed by atoms with Crippen molar-refractivity contribution in [2.24, 2.45) is 0 Å². The zero-order chi connectivity index (χ0) is 8.36. The van der Waals surface area contributed by atoms with E-state index < -0.39 is 5.92 Å². The summed E-state index contributed by atoms with van der Waals surface area (Å²) in [5.41, 5.74) is 0.167. The Hall–Kier alpha value is 0.0300. The Labute approximate surface area is 62.9 Å². The first-order valence-corrected chi connectivity index (χ1v) is 3.80. The zero-order valence-corrected chi connectivity index (χ0v) is 7.70. The minimum Gasteiger partial charge on any atom is -0.202 e. The molecule has 0 aliphatic carbocycles. The number of halogens is 2. The molecule has 10 heavy (non-hydrogen) atoms. The van der Waals surface area contributed by atoms with Crippen LogP contribution in [0.15, 0.2) is 10.9 Å². The summed E-state index contributed by atoms with van der Waals surface area (Å²) in [5.74, 6) is -2.66. The number of rotatable bonds is 2. The molecule has 0 fully saturated rings. The standard InChI is InChI=1S/C7H13F2P/c1-4-6(10)5(2)7(3,8)9/h4,10H2,1-3H3/b6-5-. The predicted molar refractivity (Wildman–Crippen MR) is 43.3 cm³/mol. The third-order valence-corrected chi connectivity index (χ3v) is 2.36. The van der Waals surface area contributed by atoms with Crippen LogP contribution in [0.25, 0.3) is 0 Å². The molecule has 0 amide bonds. The van der Waals surface area contributed by atoms with Gasteiger partial charge in [0.15, 0.2) is 0 Å². The van der Waals surface area contributed by atoms with E-state index in [1.165, 1.54) is 6.92 Å². The second-order valence-corrected chi connectivity index (χ2v) is 3.09. The summed E-state index contributed by atoms with van der Waals surface area (Å²) in [6.45, 7) is 4.24. The number of hydrogen-bond donors (Lipinski definition) is 0. The zero-order valence-electron chi connectivity index (χ0n) is 6.54. The van der Waals surface area contributed by atoms with Crippen molar-refractivity contribution in [2.45, 2.75) is 33.1 Å². The van der Waals surface area contributed by atoms with Crippen LogP contribution >= 0.6 is 9.24 Å². The molecule has 1 atom stereocenters. The second-order valence-electron chi connectivity index (χ2n) is 2.39. The van der Waals surface area contributed by atoms with Gasteiger partial charge in [0.1, 0.15) is 0 Å². The van der Waals surface area contributed by atoms with Crippen LogP contribution in [-0.2, 0) is 0 Å². The molecule has 0 nitrogen and oxygen atoms in total. The van der Waals surface area contributed by atoms with E-state index in [9.17, 15) is 8.78 Å². The van der Waals surface area contributed by atoms with Gasteiger partial charge in [0.25, 0.3) is 5.92 Å². The maximum Gasteiger partial charge on any atom is 0.266 e. The summed E-state index contributed by atoms with van der Waals surface area (Å²) in [4.78, 5) is 0. The summed E-state index contributed by atoms with van der Waals surface area (Å²) in [6.07, 6.45) is 0.667. The minimum atomic E-state index is -2.66. The Kier molecular flexibility index (Phi) is 3.44. The van der Waals surface area contributed by atoms with Gasteiger partial charge in [-0.25, -0.2) is 8.78 Å². The predicted octanol–water partition coefficient (Wildman–Crippen LogP) is 3.20. The first-order chi connectivity index (χ1) is 4.39. The Morgan fingerprint density at radius 2 is 1.90 bits per heavy atom. The molecule has 0 N–H and O–H groups in total. The molecular weight excluding hydrogens is 153 g/mol. The van der Waals surface area contributed by atoms with Crippen molar-refractivity contribution in [1.29, 1.82) is 0 Å². The van der Waals surface area contributed by atoms with Crippen molar-refractivity contribution in [1.82, 2.24) is 0 Å². The van der Waals surface area contributed by atoms with E-state index in [-0.39, 0.29) is 5.57 Å². The van der Waals surface area contributed by atoms with Gasteiger partial charge in [-0.05, 0) is 24.2 Å². The Bertz CT molecular complexity index is 144. The molecule has 0 heterocycles. The quantitative estimate of drug-likeness (QED) is 0.552. The topological polar surface area (TPSA) is 0 Å². The first kappa shape index (κ1) is 10.0. The summed E-state index contributed by atoms with van der Waals surface area (Å²) in [6, 6.07) is 0. The lowest BCUT2D eigenvalue weighted by Gasteiger charge is -2.13. The average Bonchev–Trinajstić information content (AvgIpc) is 1.83. The highest BCUT2D eigenvalue weighted by Crippen LogP contribution is 2.29. The normalized spacial score (nSPS) is 15.0. The highest BCUT2D eigenvalue weighted by molar-refractivity contribution is 7.22. The van der Waals surface area contributed by atoms with Gasteiger partial charge in [0, 0.05) is 6.92 Å². The van der Waals surface area contributed by atoms with E-state index in [2.05, 4.69) is 9.24 Å². The minimum absolute atomic E-state index is 0.167. The van der Waals surface area contributed by atoms with Crippen LogP contribution in [0.2, 0.25) is 0 Å². The van der Waals surface area contributed by atoms with Crippen molar-refractivity contribution in [3.8, 4) is 0 Å². The molecule has 0 aliphatic rings. The first-order valence-electron chi connectivity index (χ1n) is 3.23. The van der Waals surface area contributed by atoms with Crippen LogP contribution in [0.1, 0.15) is 27.2 Å². The number of alkyl halides is 2. The fourth-order valence-electron chi connectivity index (χ4n) is 0.547. The van der Waals surface area contributed by atoms with Gasteiger partial charge in [0.2, 0.25) is 0 Å². The van der Waals surface area contributed by atoms with Crippen molar-refractivity contribution >= 4 is 9.24 Å². The van der Waals surface area contributed by atoms with Gasteiger partial charge in [-0.3, -0.25) is 0 Å². The molecule has 3 heteroatoms. The summed E-state index contributed by atoms with van der Waals surface area (Å²) in [5, 5.41) is 0.701. The molecule has 0 aromatic rings. The molecule has 0 rings (SSSR count). The van der Waals surface area contributed by atoms with Crippen LogP contribution in [0, 0.1) is 0 Å². The van der Waals surface area contributed by atoms with Crippen molar-refractivity contribution < 1.29 is 8.78 Å². The lowest BCUT2D eigenvalue weighted by molar-refractivity contribution is 0.0628. The fraction of sp³-hybridized carbons (Fsp3) is 0.714. The molecular formula is C7H13F2P. The van der Waals surface area contributed by atoms with Crippen LogP contribution in [0.3, 0.4) is 0 Å². The molecule has 0 spiro atoms. The highest BCUT2D eigenvalue weighted by Gasteiger charge is 2.24. The van der Waals surface area contributed by atoms with Crippen molar-refractivity contribution in [3.05, 3.63) is 10.9 Å². The molecule has 0 saturated carbocycles. The maximum atomic E-state index is 12.5. The third-order valence-electron chi connectivity index (χ3n) is 1.52. The summed E-state index contributed by atoms with van der Waals surface area (Å²) < 4.78 is 25.0. The Morgan fingerprint density at radius 3 is 2.00 bits per heavy atom. The van der Waals surface area contributed by atoms with Gasteiger partial charge in [0.05, 0.1) is 0 Å². The van der Waals surface area contributed by atoms with Crippen LogP contribution in [-0.4, -0.2) is 5.92 Å². The largest absolute Gasteiger partial charge is 0.266 e. The lowest BCUT2D eigenvalue weighted by atomic mass is 10.1. The fourth-order valence-corrected chi connectivity index (χ4v) is 0.801. The molecule has 60 valence electrons.